The van der Waals surface area contributed by atoms with Crippen LogP contribution < -0.4 is 4.74 Å². The third-order valence-corrected chi connectivity index (χ3v) is 4.11. The molecule has 0 saturated carbocycles. The number of carbonyl (C=O) groups is 1. The van der Waals surface area contributed by atoms with E-state index < -0.39 is 9.75 Å². The van der Waals surface area contributed by atoms with Crippen LogP contribution in [0.25, 0.3) is 0 Å². The molecule has 0 saturated heterocycles. The summed E-state index contributed by atoms with van der Waals surface area (Å²) in [5, 5.41) is 0.134. The summed E-state index contributed by atoms with van der Waals surface area (Å²) in [5.74, 6) is 0.598. The van der Waals surface area contributed by atoms with Crippen molar-refractivity contribution in [1.29, 1.82) is 0 Å². The van der Waals surface area contributed by atoms with Gasteiger partial charge in [-0.3, -0.25) is 4.79 Å². The lowest BCUT2D eigenvalue weighted by Crippen LogP contribution is -2.25. The zero-order valence-corrected chi connectivity index (χ0v) is 11.9. The number of halogens is 3. The number of alkyl halides is 2. The number of carbonyl (C=O) groups excluding carboxylic acids is 1. The molecule has 0 aliphatic heterocycles. The van der Waals surface area contributed by atoms with Crippen molar-refractivity contribution in [3.05, 3.63) is 29.8 Å². The number of rotatable bonds is 4. The summed E-state index contributed by atoms with van der Waals surface area (Å²) in [6, 6.07) is 6.74. The molecule has 0 amide bonds. The molecule has 5 heteroatoms. The van der Waals surface area contributed by atoms with Crippen LogP contribution in [0.3, 0.4) is 0 Å². The topological polar surface area (TPSA) is 26.3 Å². The smallest absolute Gasteiger partial charge is 0.252 e. The Balaban J connectivity index is 2.87. The second kappa shape index (κ2) is 5.32. The van der Waals surface area contributed by atoms with Crippen LogP contribution in [-0.2, 0) is 0 Å². The van der Waals surface area contributed by atoms with Crippen LogP contribution in [0.5, 0.6) is 5.75 Å². The molecule has 0 bridgehead atoms. The summed E-state index contributed by atoms with van der Waals surface area (Å²) in [6.45, 7) is 1.87. The van der Waals surface area contributed by atoms with Crippen LogP contribution in [0.2, 0.25) is 0 Å². The zero-order valence-electron chi connectivity index (χ0n) is 7.97. The summed E-state index contributed by atoms with van der Waals surface area (Å²) in [4.78, 5) is 10.9. The first kappa shape index (κ1) is 13.0. The Morgan fingerprint density at radius 2 is 2.27 bits per heavy atom. The second-order valence-corrected chi connectivity index (χ2v) is 5.72. The number of hydrogen-bond donors (Lipinski definition) is 0. The van der Waals surface area contributed by atoms with Gasteiger partial charge in [-0.15, -0.1) is 0 Å². The lowest BCUT2D eigenvalue weighted by Gasteiger charge is -2.21. The predicted octanol–water partition coefficient (Wildman–Crippen LogP) is 3.95. The van der Waals surface area contributed by atoms with Gasteiger partial charge in [-0.05, 0) is 52.7 Å². The van der Waals surface area contributed by atoms with Crippen LogP contribution in [-0.4, -0.2) is 15.1 Å². The third-order valence-electron chi connectivity index (χ3n) is 1.63. The highest BCUT2D eigenvalue weighted by molar-refractivity contribution is 9.12. The number of hydrogen-bond acceptors (Lipinski definition) is 2. The van der Waals surface area contributed by atoms with Crippen LogP contribution in [0.4, 0.5) is 0 Å². The Hall–Kier alpha value is -0.0600. The van der Waals surface area contributed by atoms with Gasteiger partial charge >= 0.3 is 0 Å². The van der Waals surface area contributed by atoms with E-state index in [0.29, 0.717) is 16.6 Å². The summed E-state index contributed by atoms with van der Waals surface area (Å²) < 4.78 is 5.10. The van der Waals surface area contributed by atoms with E-state index in [4.69, 9.17) is 16.3 Å². The molecular formula is C10H9Br2ClO2. The van der Waals surface area contributed by atoms with Gasteiger partial charge in [0.25, 0.3) is 5.24 Å². The van der Waals surface area contributed by atoms with Crippen molar-refractivity contribution in [2.75, 3.05) is 5.33 Å². The van der Waals surface area contributed by atoms with Crippen molar-refractivity contribution >= 4 is 48.7 Å². The van der Waals surface area contributed by atoms with Crippen LogP contribution >= 0.6 is 43.5 Å². The molecule has 15 heavy (non-hydrogen) atoms. The van der Waals surface area contributed by atoms with Gasteiger partial charge < -0.3 is 4.74 Å². The van der Waals surface area contributed by atoms with Crippen molar-refractivity contribution in [3.63, 3.8) is 0 Å². The van der Waals surface area contributed by atoms with Gasteiger partial charge in [-0.25, -0.2) is 0 Å². The highest BCUT2D eigenvalue weighted by Crippen LogP contribution is 2.26. The fraction of sp³-hybridized carbons (Fsp3) is 0.300. The van der Waals surface area contributed by atoms with Crippen LogP contribution in [0.15, 0.2) is 24.3 Å². The SMILES string of the molecule is CC(Br)(CBr)Oc1cccc(C(=O)Cl)c1. The molecule has 1 rings (SSSR count). The Morgan fingerprint density at radius 3 is 2.80 bits per heavy atom. The average molecular weight is 356 g/mol. The van der Waals surface area contributed by atoms with Gasteiger partial charge in [0, 0.05) is 5.56 Å². The fourth-order valence-corrected chi connectivity index (χ4v) is 1.37. The minimum absolute atomic E-state index is 0.423. The first-order valence-corrected chi connectivity index (χ1v) is 6.47. The Labute approximate surface area is 110 Å². The molecule has 82 valence electrons. The van der Waals surface area contributed by atoms with E-state index in [9.17, 15) is 4.79 Å². The lowest BCUT2D eigenvalue weighted by molar-refractivity contribution is 0.108. The maximum atomic E-state index is 10.9. The Bertz CT molecular complexity index is 366. The molecule has 1 aromatic rings. The molecule has 0 radical (unpaired) electrons. The minimum atomic E-state index is -0.499. The average Bonchev–Trinajstić information content (AvgIpc) is 2.17. The summed E-state index contributed by atoms with van der Waals surface area (Å²) >= 11 is 12.1. The molecule has 0 aliphatic rings. The van der Waals surface area contributed by atoms with Crippen molar-refractivity contribution < 1.29 is 9.53 Å². The molecule has 0 aromatic heterocycles. The first-order chi connectivity index (χ1) is 6.94. The van der Waals surface area contributed by atoms with Gasteiger partial charge in [0.1, 0.15) is 5.75 Å². The largest absolute Gasteiger partial charge is 0.475 e. The van der Waals surface area contributed by atoms with E-state index in [-0.39, 0.29) is 0 Å². The highest BCUT2D eigenvalue weighted by Gasteiger charge is 2.20. The summed E-state index contributed by atoms with van der Waals surface area (Å²) in [7, 11) is 0. The van der Waals surface area contributed by atoms with Crippen molar-refractivity contribution in [3.8, 4) is 5.75 Å². The Kier molecular flexibility index (Phi) is 4.62. The third kappa shape index (κ3) is 4.13. The van der Waals surface area contributed by atoms with E-state index in [1.165, 1.54) is 0 Å². The lowest BCUT2D eigenvalue weighted by atomic mass is 10.2. The maximum Gasteiger partial charge on any atom is 0.252 e. The first-order valence-electron chi connectivity index (χ1n) is 4.18. The van der Waals surface area contributed by atoms with E-state index in [2.05, 4.69) is 31.9 Å². The van der Waals surface area contributed by atoms with E-state index >= 15 is 0 Å². The molecule has 0 fully saturated rings. The molecule has 1 aromatic carbocycles. The summed E-state index contributed by atoms with van der Waals surface area (Å²) in [5.41, 5.74) is 0.423. The second-order valence-electron chi connectivity index (χ2n) is 3.14. The number of ether oxygens (including phenoxy) is 1. The van der Waals surface area contributed by atoms with E-state index in [1.54, 1.807) is 24.3 Å². The normalized spacial score (nSPS) is 14.4. The molecule has 0 aliphatic carbocycles. The molecule has 0 N–H and O–H groups in total. The number of benzene rings is 1. The monoisotopic (exact) mass is 354 g/mol. The predicted molar refractivity (Wildman–Crippen MR) is 68.4 cm³/mol. The van der Waals surface area contributed by atoms with Crippen molar-refractivity contribution in [2.24, 2.45) is 0 Å². The Morgan fingerprint density at radius 1 is 1.60 bits per heavy atom. The highest BCUT2D eigenvalue weighted by atomic mass is 79.9. The van der Waals surface area contributed by atoms with Crippen molar-refractivity contribution in [2.45, 2.75) is 11.4 Å². The summed E-state index contributed by atoms with van der Waals surface area (Å²) in [6.07, 6.45) is 0. The van der Waals surface area contributed by atoms with Gasteiger partial charge in [0.2, 0.25) is 0 Å². The maximum absolute atomic E-state index is 10.9. The molecular weight excluding hydrogens is 347 g/mol. The van der Waals surface area contributed by atoms with Crippen LogP contribution in [0, 0.1) is 0 Å². The van der Waals surface area contributed by atoms with Gasteiger partial charge in [0.15, 0.2) is 4.51 Å². The zero-order chi connectivity index (χ0) is 11.5. The van der Waals surface area contributed by atoms with E-state index in [1.807, 2.05) is 6.92 Å². The molecule has 0 heterocycles. The van der Waals surface area contributed by atoms with Crippen molar-refractivity contribution in [1.82, 2.24) is 0 Å². The quantitative estimate of drug-likeness (QED) is 0.603. The van der Waals surface area contributed by atoms with Gasteiger partial charge in [-0.2, -0.15) is 0 Å². The minimum Gasteiger partial charge on any atom is -0.475 e. The van der Waals surface area contributed by atoms with E-state index in [0.717, 1.165) is 0 Å². The molecule has 2 nitrogen and oxygen atoms in total. The fourth-order valence-electron chi connectivity index (χ4n) is 0.955. The molecule has 1 atom stereocenters. The van der Waals surface area contributed by atoms with Crippen LogP contribution in [0.1, 0.15) is 17.3 Å². The standard InChI is InChI=1S/C10H9Br2ClO2/c1-10(12,6-11)15-8-4-2-3-7(5-8)9(13)14/h2-5H,6H2,1H3. The van der Waals surface area contributed by atoms with Gasteiger partial charge in [-0.1, -0.05) is 22.0 Å². The van der Waals surface area contributed by atoms with Gasteiger partial charge in [0.05, 0.1) is 5.33 Å². The molecule has 0 spiro atoms. The molecule has 1 unspecified atom stereocenters.